The lowest BCUT2D eigenvalue weighted by molar-refractivity contribution is -0.182. The van der Waals surface area contributed by atoms with Crippen molar-refractivity contribution in [3.63, 3.8) is 0 Å². The Morgan fingerprint density at radius 3 is 2.31 bits per heavy atom. The molecule has 0 spiro atoms. The number of hydrogen-bond donors (Lipinski definition) is 2. The van der Waals surface area contributed by atoms with E-state index in [2.05, 4.69) is 15.3 Å². The summed E-state index contributed by atoms with van der Waals surface area (Å²) in [6.45, 7) is 0. The minimum absolute atomic E-state index is 0.0532. The summed E-state index contributed by atoms with van der Waals surface area (Å²) < 4.78 is 38.8. The van der Waals surface area contributed by atoms with Crippen molar-refractivity contribution in [1.29, 1.82) is 0 Å². The van der Waals surface area contributed by atoms with Gasteiger partial charge in [0.15, 0.2) is 0 Å². The quantitative estimate of drug-likeness (QED) is 0.784. The van der Waals surface area contributed by atoms with E-state index in [1.807, 2.05) is 0 Å². The molecule has 0 unspecified atom stereocenters. The van der Waals surface area contributed by atoms with E-state index >= 15 is 0 Å². The van der Waals surface area contributed by atoms with Crippen molar-refractivity contribution in [3.8, 4) is 11.1 Å². The maximum atomic E-state index is 12.9. The first-order valence-corrected chi connectivity index (χ1v) is 8.82. The molecule has 140 valence electrons. The van der Waals surface area contributed by atoms with Gasteiger partial charge in [-0.15, -0.1) is 0 Å². The molecule has 26 heavy (non-hydrogen) atoms. The Kier molecular flexibility index (Phi) is 5.27. The highest BCUT2D eigenvalue weighted by Crippen LogP contribution is 2.44. The zero-order chi connectivity index (χ0) is 18.9. The molecule has 0 atom stereocenters. The van der Waals surface area contributed by atoms with E-state index < -0.39 is 12.1 Å². The number of nitrogens with zero attached hydrogens (tertiary/aromatic N) is 1. The highest BCUT2D eigenvalue weighted by Gasteiger charge is 2.42. The molecule has 1 aromatic carbocycles. The lowest BCUT2D eigenvalue weighted by Gasteiger charge is -2.30. The molecule has 1 heterocycles. The lowest BCUT2D eigenvalue weighted by atomic mass is 9.78. The van der Waals surface area contributed by atoms with Crippen LogP contribution in [0.3, 0.4) is 0 Å². The Hall–Kier alpha value is -2.02. The zero-order valence-electron chi connectivity index (χ0n) is 14.2. The van der Waals surface area contributed by atoms with Gasteiger partial charge in [0.2, 0.25) is 5.95 Å². The first-order chi connectivity index (χ1) is 12.3. The van der Waals surface area contributed by atoms with E-state index in [0.29, 0.717) is 40.6 Å². The highest BCUT2D eigenvalue weighted by atomic mass is 35.5. The first kappa shape index (κ1) is 18.8. The average molecular weight is 386 g/mol. The number of alkyl halides is 3. The summed E-state index contributed by atoms with van der Waals surface area (Å²) >= 11 is 5.92. The molecular formula is C18H19ClF3N3O. The van der Waals surface area contributed by atoms with Gasteiger partial charge in [0, 0.05) is 18.0 Å². The maximum Gasteiger partial charge on any atom is 0.391 e. The number of aromatic amines is 1. The van der Waals surface area contributed by atoms with Crippen molar-refractivity contribution >= 4 is 17.5 Å². The fraction of sp³-hybridized carbons (Fsp3) is 0.444. The van der Waals surface area contributed by atoms with Crippen molar-refractivity contribution < 1.29 is 13.2 Å². The van der Waals surface area contributed by atoms with E-state index in [1.165, 1.54) is 0 Å². The molecule has 2 aromatic rings. The van der Waals surface area contributed by atoms with Crippen molar-refractivity contribution in [1.82, 2.24) is 9.97 Å². The molecule has 0 radical (unpaired) electrons. The molecule has 1 saturated carbocycles. The van der Waals surface area contributed by atoms with Crippen molar-refractivity contribution in [2.75, 3.05) is 12.4 Å². The van der Waals surface area contributed by atoms with Crippen LogP contribution < -0.4 is 10.9 Å². The summed E-state index contributed by atoms with van der Waals surface area (Å²) in [6.07, 6.45) is -3.36. The Balaban J connectivity index is 1.99. The molecule has 8 heteroatoms. The van der Waals surface area contributed by atoms with Gasteiger partial charge < -0.3 is 5.32 Å². The molecule has 1 fully saturated rings. The van der Waals surface area contributed by atoms with Gasteiger partial charge in [-0.25, -0.2) is 4.98 Å². The number of benzene rings is 1. The van der Waals surface area contributed by atoms with Gasteiger partial charge in [-0.1, -0.05) is 23.7 Å². The van der Waals surface area contributed by atoms with Crippen LogP contribution in [-0.4, -0.2) is 23.2 Å². The summed E-state index contributed by atoms with van der Waals surface area (Å²) in [5.41, 5.74) is 1.27. The third-order valence-electron chi connectivity index (χ3n) is 4.89. The SMILES string of the molecule is CNc1nc(C2CCC(C(F)(F)F)CC2)c(-c2ccc(Cl)cc2)c(=O)[nH]1. The predicted molar refractivity (Wildman–Crippen MR) is 95.6 cm³/mol. The summed E-state index contributed by atoms with van der Waals surface area (Å²) in [5.74, 6) is -1.15. The van der Waals surface area contributed by atoms with Crippen LogP contribution in [0.2, 0.25) is 5.02 Å². The van der Waals surface area contributed by atoms with E-state index in [-0.39, 0.29) is 24.3 Å². The summed E-state index contributed by atoms with van der Waals surface area (Å²) in [4.78, 5) is 19.8. The van der Waals surface area contributed by atoms with Gasteiger partial charge in [0.05, 0.1) is 17.2 Å². The molecule has 4 nitrogen and oxygen atoms in total. The minimum atomic E-state index is -4.16. The van der Waals surface area contributed by atoms with Crippen LogP contribution in [0.4, 0.5) is 19.1 Å². The van der Waals surface area contributed by atoms with Crippen LogP contribution in [0.5, 0.6) is 0 Å². The summed E-state index contributed by atoms with van der Waals surface area (Å²) in [6, 6.07) is 6.79. The lowest BCUT2D eigenvalue weighted by Crippen LogP contribution is -2.28. The van der Waals surface area contributed by atoms with Crippen LogP contribution in [0, 0.1) is 5.92 Å². The van der Waals surface area contributed by atoms with Crippen LogP contribution in [0.25, 0.3) is 11.1 Å². The number of hydrogen-bond acceptors (Lipinski definition) is 3. The Labute approximate surface area is 153 Å². The molecule has 0 amide bonds. The normalized spacial score (nSPS) is 20.8. The molecule has 0 aliphatic heterocycles. The van der Waals surface area contributed by atoms with Gasteiger partial charge in [-0.3, -0.25) is 9.78 Å². The van der Waals surface area contributed by atoms with Gasteiger partial charge in [-0.2, -0.15) is 13.2 Å². The smallest absolute Gasteiger partial charge is 0.359 e. The molecule has 3 rings (SSSR count). The predicted octanol–water partition coefficient (Wildman–Crippen LogP) is 4.97. The standard InChI is InChI=1S/C18H19ClF3N3O/c1-23-17-24-15(11-2-6-12(7-3-11)18(20,21)22)14(16(26)25-17)10-4-8-13(19)9-5-10/h4-5,8-9,11-12H,2-3,6-7H2,1H3,(H2,23,24,25,26). The molecule has 1 aliphatic rings. The van der Waals surface area contributed by atoms with Gasteiger partial charge in [-0.05, 0) is 43.4 Å². The summed E-state index contributed by atoms with van der Waals surface area (Å²) in [5, 5.41) is 3.34. The van der Waals surface area contributed by atoms with E-state index in [1.54, 1.807) is 31.3 Å². The van der Waals surface area contributed by atoms with E-state index in [0.717, 1.165) is 0 Å². The van der Waals surface area contributed by atoms with Crippen LogP contribution in [0.15, 0.2) is 29.1 Å². The molecule has 1 aliphatic carbocycles. The number of halogens is 4. The van der Waals surface area contributed by atoms with Gasteiger partial charge in [0.25, 0.3) is 5.56 Å². The summed E-state index contributed by atoms with van der Waals surface area (Å²) in [7, 11) is 1.63. The second kappa shape index (κ2) is 7.31. The van der Waals surface area contributed by atoms with E-state index in [9.17, 15) is 18.0 Å². The van der Waals surface area contributed by atoms with Crippen LogP contribution in [0.1, 0.15) is 37.3 Å². The molecule has 0 bridgehead atoms. The number of anilines is 1. The topological polar surface area (TPSA) is 57.8 Å². The number of rotatable bonds is 3. The third kappa shape index (κ3) is 3.87. The van der Waals surface area contributed by atoms with Gasteiger partial charge in [0.1, 0.15) is 0 Å². The minimum Gasteiger partial charge on any atom is -0.359 e. The first-order valence-electron chi connectivity index (χ1n) is 8.44. The molecule has 1 aromatic heterocycles. The second-order valence-electron chi connectivity index (χ2n) is 6.52. The monoisotopic (exact) mass is 385 g/mol. The fourth-order valence-corrected chi connectivity index (χ4v) is 3.62. The van der Waals surface area contributed by atoms with Crippen LogP contribution in [-0.2, 0) is 0 Å². The van der Waals surface area contributed by atoms with Crippen molar-refractivity contribution in [2.45, 2.75) is 37.8 Å². The molecule has 2 N–H and O–H groups in total. The number of H-pyrrole nitrogens is 1. The fourth-order valence-electron chi connectivity index (χ4n) is 3.49. The Morgan fingerprint density at radius 1 is 1.15 bits per heavy atom. The third-order valence-corrected chi connectivity index (χ3v) is 5.15. The zero-order valence-corrected chi connectivity index (χ0v) is 14.9. The van der Waals surface area contributed by atoms with Crippen molar-refractivity contribution in [3.05, 3.63) is 45.3 Å². The highest BCUT2D eigenvalue weighted by molar-refractivity contribution is 6.30. The largest absolute Gasteiger partial charge is 0.391 e. The van der Waals surface area contributed by atoms with Crippen LogP contribution >= 0.6 is 11.6 Å². The maximum absolute atomic E-state index is 12.9. The van der Waals surface area contributed by atoms with E-state index in [4.69, 9.17) is 11.6 Å². The Morgan fingerprint density at radius 2 is 1.77 bits per heavy atom. The number of aromatic nitrogens is 2. The Bertz CT molecular complexity index is 825. The van der Waals surface area contributed by atoms with Gasteiger partial charge >= 0.3 is 6.18 Å². The average Bonchev–Trinajstić information content (AvgIpc) is 2.61. The number of nitrogens with one attached hydrogen (secondary N) is 2. The van der Waals surface area contributed by atoms with Crippen molar-refractivity contribution in [2.24, 2.45) is 5.92 Å². The molecule has 0 saturated heterocycles. The second-order valence-corrected chi connectivity index (χ2v) is 6.96. The molecular weight excluding hydrogens is 367 g/mol.